The fourth-order valence-electron chi connectivity index (χ4n) is 2.93. The van der Waals surface area contributed by atoms with Crippen LogP contribution in [0.3, 0.4) is 0 Å². The molecule has 1 aromatic rings. The highest BCUT2D eigenvalue weighted by Crippen LogP contribution is 2.32. The Morgan fingerprint density at radius 3 is 2.62 bits per heavy atom. The van der Waals surface area contributed by atoms with Crippen LogP contribution in [0.15, 0.2) is 30.3 Å². The number of hydrogen-bond donors (Lipinski definition) is 0. The lowest BCUT2D eigenvalue weighted by molar-refractivity contribution is -0.164. The molecule has 1 aliphatic rings. The van der Waals surface area contributed by atoms with Crippen molar-refractivity contribution in [2.75, 3.05) is 19.7 Å². The standard InChI is InChI=1S/C17H23NO3/c1-3-17(16(20)21-4-2)13-18(11-10-15(17)19)12-14-8-6-5-7-9-14/h5-9H,3-4,10-13H2,1-2H3. The lowest BCUT2D eigenvalue weighted by atomic mass is 9.76. The van der Waals surface area contributed by atoms with Crippen molar-refractivity contribution < 1.29 is 14.3 Å². The highest BCUT2D eigenvalue weighted by Gasteiger charge is 2.48. The van der Waals surface area contributed by atoms with Gasteiger partial charge in [0.1, 0.15) is 5.41 Å². The molecular weight excluding hydrogens is 266 g/mol. The van der Waals surface area contributed by atoms with Gasteiger partial charge in [-0.1, -0.05) is 37.3 Å². The maximum atomic E-state index is 12.3. The van der Waals surface area contributed by atoms with Gasteiger partial charge in [-0.2, -0.15) is 0 Å². The molecule has 1 heterocycles. The first-order chi connectivity index (χ1) is 10.1. The van der Waals surface area contributed by atoms with Gasteiger partial charge in [-0.25, -0.2) is 0 Å². The Bertz CT molecular complexity index is 500. The monoisotopic (exact) mass is 289 g/mol. The minimum Gasteiger partial charge on any atom is -0.465 e. The zero-order valence-corrected chi connectivity index (χ0v) is 12.8. The normalized spacial score (nSPS) is 23.0. The molecule has 1 saturated heterocycles. The summed E-state index contributed by atoms with van der Waals surface area (Å²) >= 11 is 0. The highest BCUT2D eigenvalue weighted by atomic mass is 16.5. The van der Waals surface area contributed by atoms with Crippen LogP contribution in [0.1, 0.15) is 32.3 Å². The van der Waals surface area contributed by atoms with Crippen LogP contribution in [0.4, 0.5) is 0 Å². The number of piperidine rings is 1. The molecule has 4 heteroatoms. The summed E-state index contributed by atoms with van der Waals surface area (Å²) in [5.41, 5.74) is 0.212. The van der Waals surface area contributed by atoms with Gasteiger partial charge in [0.2, 0.25) is 0 Å². The lowest BCUT2D eigenvalue weighted by Crippen LogP contribution is -2.53. The smallest absolute Gasteiger partial charge is 0.320 e. The molecule has 21 heavy (non-hydrogen) atoms. The second-order valence-corrected chi connectivity index (χ2v) is 5.53. The molecule has 0 aromatic heterocycles. The zero-order chi connectivity index (χ0) is 15.3. The van der Waals surface area contributed by atoms with E-state index in [1.807, 2.05) is 25.1 Å². The van der Waals surface area contributed by atoms with Crippen molar-refractivity contribution in [3.63, 3.8) is 0 Å². The second kappa shape index (κ2) is 6.85. The molecule has 0 N–H and O–H groups in total. The first kappa shape index (κ1) is 15.7. The average molecular weight is 289 g/mol. The molecule has 0 spiro atoms. The molecule has 1 aliphatic heterocycles. The van der Waals surface area contributed by atoms with Gasteiger partial charge in [-0.15, -0.1) is 0 Å². The topological polar surface area (TPSA) is 46.6 Å². The molecular formula is C17H23NO3. The quantitative estimate of drug-likeness (QED) is 0.617. The van der Waals surface area contributed by atoms with Gasteiger partial charge in [0.25, 0.3) is 0 Å². The van der Waals surface area contributed by atoms with Crippen LogP contribution in [-0.4, -0.2) is 36.3 Å². The summed E-state index contributed by atoms with van der Waals surface area (Å²) < 4.78 is 5.16. The van der Waals surface area contributed by atoms with Crippen LogP contribution in [0.25, 0.3) is 0 Å². The second-order valence-electron chi connectivity index (χ2n) is 5.53. The minimum atomic E-state index is -0.983. The number of nitrogens with zero attached hydrogens (tertiary/aromatic N) is 1. The van der Waals surface area contributed by atoms with Gasteiger partial charge in [0, 0.05) is 26.1 Å². The molecule has 1 unspecified atom stereocenters. The molecule has 1 aromatic carbocycles. The third-order valence-corrected chi connectivity index (χ3v) is 4.20. The Labute approximate surface area is 126 Å². The summed E-state index contributed by atoms with van der Waals surface area (Å²) in [6.45, 7) is 5.89. The van der Waals surface area contributed by atoms with E-state index < -0.39 is 5.41 Å². The van der Waals surface area contributed by atoms with Crippen molar-refractivity contribution in [2.45, 2.75) is 33.2 Å². The van der Waals surface area contributed by atoms with Gasteiger partial charge in [0.15, 0.2) is 5.78 Å². The average Bonchev–Trinajstić information content (AvgIpc) is 2.50. The Morgan fingerprint density at radius 2 is 2.00 bits per heavy atom. The Kier molecular flexibility index (Phi) is 5.12. The summed E-state index contributed by atoms with van der Waals surface area (Å²) in [5.74, 6) is -0.344. The number of Topliss-reactive ketones (excluding diaryl/α,β-unsaturated/α-hetero) is 1. The number of ether oxygens (including phenoxy) is 1. The van der Waals surface area contributed by atoms with E-state index in [-0.39, 0.29) is 11.8 Å². The Balaban J connectivity index is 2.14. The summed E-state index contributed by atoms with van der Waals surface area (Å²) in [6.07, 6.45) is 0.912. The van der Waals surface area contributed by atoms with Crippen molar-refractivity contribution >= 4 is 11.8 Å². The van der Waals surface area contributed by atoms with E-state index in [0.29, 0.717) is 32.5 Å². The van der Waals surface area contributed by atoms with Gasteiger partial charge in [-0.05, 0) is 18.9 Å². The van der Waals surface area contributed by atoms with E-state index in [0.717, 1.165) is 6.54 Å². The fourth-order valence-corrected chi connectivity index (χ4v) is 2.93. The third-order valence-electron chi connectivity index (χ3n) is 4.20. The first-order valence-corrected chi connectivity index (χ1v) is 7.59. The zero-order valence-electron chi connectivity index (χ0n) is 12.8. The van der Waals surface area contributed by atoms with Crippen molar-refractivity contribution in [2.24, 2.45) is 5.41 Å². The summed E-state index contributed by atoms with van der Waals surface area (Å²) in [5, 5.41) is 0. The van der Waals surface area contributed by atoms with E-state index in [1.54, 1.807) is 6.92 Å². The van der Waals surface area contributed by atoms with Crippen molar-refractivity contribution in [3.05, 3.63) is 35.9 Å². The van der Waals surface area contributed by atoms with E-state index >= 15 is 0 Å². The predicted molar refractivity (Wildman–Crippen MR) is 80.7 cm³/mol. The van der Waals surface area contributed by atoms with Crippen LogP contribution in [-0.2, 0) is 20.9 Å². The van der Waals surface area contributed by atoms with Crippen molar-refractivity contribution in [1.29, 1.82) is 0 Å². The molecule has 0 amide bonds. The van der Waals surface area contributed by atoms with Crippen LogP contribution in [0.5, 0.6) is 0 Å². The Morgan fingerprint density at radius 1 is 1.29 bits per heavy atom. The summed E-state index contributed by atoms with van der Waals surface area (Å²) in [4.78, 5) is 26.8. The number of carbonyl (C=O) groups is 2. The molecule has 1 fully saturated rings. The fraction of sp³-hybridized carbons (Fsp3) is 0.529. The van der Waals surface area contributed by atoms with Crippen LogP contribution in [0, 0.1) is 5.41 Å². The maximum Gasteiger partial charge on any atom is 0.320 e. The number of likely N-dealkylation sites (tertiary alicyclic amines) is 1. The van der Waals surface area contributed by atoms with Crippen LogP contribution < -0.4 is 0 Å². The van der Waals surface area contributed by atoms with Gasteiger partial charge < -0.3 is 4.74 Å². The maximum absolute atomic E-state index is 12.3. The van der Waals surface area contributed by atoms with Crippen molar-refractivity contribution in [1.82, 2.24) is 4.90 Å². The largest absolute Gasteiger partial charge is 0.465 e. The van der Waals surface area contributed by atoms with Crippen molar-refractivity contribution in [3.8, 4) is 0 Å². The van der Waals surface area contributed by atoms with E-state index in [9.17, 15) is 9.59 Å². The highest BCUT2D eigenvalue weighted by molar-refractivity contribution is 6.04. The van der Waals surface area contributed by atoms with E-state index in [2.05, 4.69) is 17.0 Å². The number of hydrogen-bond acceptors (Lipinski definition) is 4. The number of benzene rings is 1. The van der Waals surface area contributed by atoms with Gasteiger partial charge in [0.05, 0.1) is 6.61 Å². The number of esters is 1. The molecule has 4 nitrogen and oxygen atoms in total. The SMILES string of the molecule is CCOC(=O)C1(CC)CN(Cc2ccccc2)CCC1=O. The molecule has 2 rings (SSSR count). The first-order valence-electron chi connectivity index (χ1n) is 7.59. The van der Waals surface area contributed by atoms with Gasteiger partial charge >= 0.3 is 5.97 Å². The van der Waals surface area contributed by atoms with Crippen LogP contribution in [0.2, 0.25) is 0 Å². The molecule has 0 aliphatic carbocycles. The molecule has 0 saturated carbocycles. The third kappa shape index (κ3) is 3.32. The number of rotatable bonds is 5. The molecule has 1 atom stereocenters. The number of ketones is 1. The van der Waals surface area contributed by atoms with E-state index in [1.165, 1.54) is 5.56 Å². The van der Waals surface area contributed by atoms with E-state index in [4.69, 9.17) is 4.74 Å². The van der Waals surface area contributed by atoms with Gasteiger partial charge in [-0.3, -0.25) is 14.5 Å². The molecule has 114 valence electrons. The minimum absolute atomic E-state index is 0.0211. The molecule has 0 radical (unpaired) electrons. The predicted octanol–water partition coefficient (Wildman–Crippen LogP) is 2.42. The number of carbonyl (C=O) groups excluding carboxylic acids is 2. The Hall–Kier alpha value is -1.68. The summed E-state index contributed by atoms with van der Waals surface area (Å²) in [6, 6.07) is 10.1. The molecule has 0 bridgehead atoms. The summed E-state index contributed by atoms with van der Waals surface area (Å²) in [7, 11) is 0. The lowest BCUT2D eigenvalue weighted by Gasteiger charge is -2.39. The van der Waals surface area contributed by atoms with Crippen LogP contribution >= 0.6 is 0 Å².